The first-order chi connectivity index (χ1) is 13.5. The molecule has 1 spiro atoms. The van der Waals surface area contributed by atoms with Crippen LogP contribution in [-0.4, -0.2) is 18.1 Å². The molecule has 0 radical (unpaired) electrons. The van der Waals surface area contributed by atoms with Crippen LogP contribution in [0.25, 0.3) is 11.3 Å². The van der Waals surface area contributed by atoms with Gasteiger partial charge in [0.25, 0.3) is 0 Å². The van der Waals surface area contributed by atoms with Crippen molar-refractivity contribution in [3.63, 3.8) is 0 Å². The summed E-state index contributed by atoms with van der Waals surface area (Å²) in [5, 5.41) is 4.12. The molecule has 1 aliphatic carbocycles. The average molecular weight is 418 g/mol. The molecule has 2 aliphatic rings. The Labute approximate surface area is 176 Å². The first kappa shape index (κ1) is 19.7. The van der Waals surface area contributed by atoms with Gasteiger partial charge < -0.3 is 4.90 Å². The van der Waals surface area contributed by atoms with Crippen molar-refractivity contribution in [3.05, 3.63) is 50.5 Å². The topological polar surface area (TPSA) is 45.6 Å². The highest BCUT2D eigenvalue weighted by molar-refractivity contribution is 6.43. The Morgan fingerprint density at radius 3 is 2.54 bits per heavy atom. The minimum atomic E-state index is 0.0580. The maximum Gasteiger partial charge on any atom is 0.125 e. The monoisotopic (exact) mass is 417 g/mol. The van der Waals surface area contributed by atoms with Crippen LogP contribution in [0.2, 0.25) is 10.0 Å². The lowest BCUT2D eigenvalue weighted by atomic mass is 9.77. The minimum absolute atomic E-state index is 0.0580. The van der Waals surface area contributed by atoms with Crippen molar-refractivity contribution in [2.75, 3.05) is 18.0 Å². The Bertz CT molecular complexity index is 884. The molecular formula is C22H25Cl2N3O. The maximum absolute atomic E-state index is 11.1. The van der Waals surface area contributed by atoms with Gasteiger partial charge in [-0.05, 0) is 55.7 Å². The lowest BCUT2D eigenvalue weighted by molar-refractivity contribution is 0.226. The van der Waals surface area contributed by atoms with E-state index in [1.54, 1.807) is 6.07 Å². The number of anilines is 1. The van der Waals surface area contributed by atoms with Crippen LogP contribution in [0.1, 0.15) is 49.8 Å². The van der Waals surface area contributed by atoms with Gasteiger partial charge in [0.15, 0.2) is 0 Å². The predicted octanol–water partition coefficient (Wildman–Crippen LogP) is 6.79. The Hall–Kier alpha value is -1.65. The van der Waals surface area contributed by atoms with E-state index >= 15 is 0 Å². The zero-order valence-electron chi connectivity index (χ0n) is 16.2. The summed E-state index contributed by atoms with van der Waals surface area (Å²) in [7, 11) is 0. The molecule has 1 aliphatic heterocycles. The second-order valence-electron chi connectivity index (χ2n) is 8.20. The van der Waals surface area contributed by atoms with Crippen LogP contribution in [0.15, 0.2) is 29.4 Å². The van der Waals surface area contributed by atoms with Crippen LogP contribution in [0, 0.1) is 17.2 Å². The van der Waals surface area contributed by atoms with Crippen molar-refractivity contribution in [2.45, 2.75) is 52.0 Å². The van der Waals surface area contributed by atoms with Gasteiger partial charge in [-0.25, -0.2) is 4.98 Å². The van der Waals surface area contributed by atoms with Crippen molar-refractivity contribution in [1.82, 2.24) is 4.98 Å². The molecule has 0 bridgehead atoms. The van der Waals surface area contributed by atoms with E-state index in [1.165, 1.54) is 38.5 Å². The van der Waals surface area contributed by atoms with Crippen LogP contribution in [0.5, 0.6) is 0 Å². The highest BCUT2D eigenvalue weighted by atomic mass is 35.5. The summed E-state index contributed by atoms with van der Waals surface area (Å²) in [6.07, 6.45) is 7.93. The summed E-state index contributed by atoms with van der Waals surface area (Å²) >= 11 is 12.6. The van der Waals surface area contributed by atoms with Crippen molar-refractivity contribution >= 4 is 28.9 Å². The number of hydrogen-bond acceptors (Lipinski definition) is 4. The SMILES string of the molecule is Cc1cc(N2CCC3(CCCC3)CC2)c(CN=O)nc1-c1cccc(Cl)c1Cl. The third-order valence-corrected chi connectivity index (χ3v) is 7.34. The molecule has 1 saturated heterocycles. The number of rotatable bonds is 4. The molecule has 1 saturated carbocycles. The highest BCUT2D eigenvalue weighted by Gasteiger charge is 2.37. The van der Waals surface area contributed by atoms with Gasteiger partial charge in [-0.2, -0.15) is 4.91 Å². The van der Waals surface area contributed by atoms with Crippen molar-refractivity contribution < 1.29 is 0 Å². The third kappa shape index (κ3) is 3.65. The molecule has 4 nitrogen and oxygen atoms in total. The number of aryl methyl sites for hydroxylation is 1. The normalized spacial score (nSPS) is 18.6. The van der Waals surface area contributed by atoms with Gasteiger partial charge in [-0.3, -0.25) is 0 Å². The van der Waals surface area contributed by atoms with E-state index in [1.807, 2.05) is 19.1 Å². The van der Waals surface area contributed by atoms with Gasteiger partial charge in [0.05, 0.1) is 27.1 Å². The molecule has 1 aromatic carbocycles. The number of pyridine rings is 1. The Kier molecular flexibility index (Phi) is 5.62. The van der Waals surface area contributed by atoms with Gasteiger partial charge in [-0.1, -0.05) is 53.4 Å². The summed E-state index contributed by atoms with van der Waals surface area (Å²) in [4.78, 5) is 18.3. The zero-order valence-corrected chi connectivity index (χ0v) is 17.7. The fourth-order valence-electron chi connectivity index (χ4n) is 4.89. The van der Waals surface area contributed by atoms with Crippen LogP contribution in [0.4, 0.5) is 5.69 Å². The molecule has 1 aromatic heterocycles. The minimum Gasteiger partial charge on any atom is -0.370 e. The van der Waals surface area contributed by atoms with Crippen molar-refractivity contribution in [2.24, 2.45) is 10.6 Å². The summed E-state index contributed by atoms with van der Waals surface area (Å²) < 4.78 is 0. The molecule has 2 heterocycles. The van der Waals surface area contributed by atoms with E-state index in [9.17, 15) is 4.91 Å². The zero-order chi connectivity index (χ0) is 19.7. The van der Waals surface area contributed by atoms with Crippen molar-refractivity contribution in [1.29, 1.82) is 0 Å². The van der Waals surface area contributed by atoms with Gasteiger partial charge in [0.1, 0.15) is 6.54 Å². The molecule has 0 amide bonds. The summed E-state index contributed by atoms with van der Waals surface area (Å²) in [6, 6.07) is 7.66. The number of nitroso groups, excluding NO2 is 1. The van der Waals surface area contributed by atoms with Gasteiger partial charge >= 0.3 is 0 Å². The van der Waals surface area contributed by atoms with Gasteiger partial charge in [0.2, 0.25) is 0 Å². The fraction of sp³-hybridized carbons (Fsp3) is 0.500. The molecule has 148 valence electrons. The maximum atomic E-state index is 11.1. The molecule has 0 atom stereocenters. The standard InChI is InChI=1S/C22H25Cl2N3O/c1-15-13-19(27-11-9-22(10-12-27)7-2-3-8-22)18(14-25-28)26-21(15)16-5-4-6-17(23)20(16)24/h4-6,13H,2-3,7-12,14H2,1H3. The van der Waals surface area contributed by atoms with Crippen LogP contribution < -0.4 is 4.90 Å². The number of piperidine rings is 1. The second kappa shape index (κ2) is 8.00. The van der Waals surface area contributed by atoms with E-state index in [4.69, 9.17) is 28.2 Å². The van der Waals surface area contributed by atoms with Gasteiger partial charge in [0, 0.05) is 18.7 Å². The van der Waals surface area contributed by atoms with E-state index in [-0.39, 0.29) is 6.54 Å². The molecule has 0 unspecified atom stereocenters. The Morgan fingerprint density at radius 1 is 1.14 bits per heavy atom. The number of benzene rings is 1. The van der Waals surface area contributed by atoms with E-state index < -0.39 is 0 Å². The third-order valence-electron chi connectivity index (χ3n) is 6.52. The molecule has 28 heavy (non-hydrogen) atoms. The summed E-state index contributed by atoms with van der Waals surface area (Å²) in [6.45, 7) is 4.13. The Balaban J connectivity index is 1.68. The highest BCUT2D eigenvalue weighted by Crippen LogP contribution is 2.47. The first-order valence-corrected chi connectivity index (χ1v) is 10.8. The molecule has 6 heteroatoms. The van der Waals surface area contributed by atoms with E-state index in [2.05, 4.69) is 16.1 Å². The Morgan fingerprint density at radius 2 is 1.86 bits per heavy atom. The average Bonchev–Trinajstić information content (AvgIpc) is 3.14. The van der Waals surface area contributed by atoms with Crippen LogP contribution in [-0.2, 0) is 6.54 Å². The number of hydrogen-bond donors (Lipinski definition) is 0. The second-order valence-corrected chi connectivity index (χ2v) is 8.99. The lowest BCUT2D eigenvalue weighted by Crippen LogP contribution is -2.39. The molecular weight excluding hydrogens is 393 g/mol. The molecule has 2 aromatic rings. The largest absolute Gasteiger partial charge is 0.370 e. The summed E-state index contributed by atoms with van der Waals surface area (Å²) in [5.74, 6) is 0. The lowest BCUT2D eigenvalue weighted by Gasteiger charge is -2.41. The number of aromatic nitrogens is 1. The van der Waals surface area contributed by atoms with E-state index in [0.29, 0.717) is 21.2 Å². The van der Waals surface area contributed by atoms with Crippen LogP contribution in [0.3, 0.4) is 0 Å². The molecule has 0 N–H and O–H groups in total. The number of halogens is 2. The molecule has 2 fully saturated rings. The van der Waals surface area contributed by atoms with E-state index in [0.717, 1.165) is 35.6 Å². The van der Waals surface area contributed by atoms with Crippen molar-refractivity contribution in [3.8, 4) is 11.3 Å². The van der Waals surface area contributed by atoms with Crippen LogP contribution >= 0.6 is 23.2 Å². The predicted molar refractivity (Wildman–Crippen MR) is 116 cm³/mol. The first-order valence-electron chi connectivity index (χ1n) is 10.0. The summed E-state index contributed by atoms with van der Waals surface area (Å²) in [5.41, 5.74) is 4.87. The fourth-order valence-corrected chi connectivity index (χ4v) is 5.28. The quantitative estimate of drug-likeness (QED) is 0.514. The van der Waals surface area contributed by atoms with Gasteiger partial charge in [-0.15, -0.1) is 0 Å². The smallest absolute Gasteiger partial charge is 0.125 e. The molecule has 4 rings (SSSR count). The number of nitrogens with zero attached hydrogens (tertiary/aromatic N) is 3.